The van der Waals surface area contributed by atoms with E-state index in [4.69, 9.17) is 0 Å². The highest BCUT2D eigenvalue weighted by Gasteiger charge is 2.23. The van der Waals surface area contributed by atoms with Gasteiger partial charge in [-0.15, -0.1) is 5.10 Å². The molecule has 1 unspecified atom stereocenters. The number of benzene rings is 2. The first kappa shape index (κ1) is 19.1. The zero-order valence-electron chi connectivity index (χ0n) is 14.6. The normalized spacial score (nSPS) is 11.8. The summed E-state index contributed by atoms with van der Waals surface area (Å²) in [4.78, 5) is 36.9. The maximum absolute atomic E-state index is 13.5. The summed E-state index contributed by atoms with van der Waals surface area (Å²) in [5, 5.41) is 12.6. The second kappa shape index (κ2) is 7.91. The SMILES string of the molecule is CNC(=O)C(NC(=O)Cn1nnc2ccccc2c1=O)c1ccc(F)c(F)c1. The Labute approximate surface area is 157 Å². The predicted molar refractivity (Wildman–Crippen MR) is 95.1 cm³/mol. The monoisotopic (exact) mass is 387 g/mol. The Hall–Kier alpha value is -3.69. The molecule has 0 radical (unpaired) electrons. The van der Waals surface area contributed by atoms with E-state index in [0.717, 1.165) is 16.8 Å². The number of hydrogen-bond acceptors (Lipinski definition) is 5. The van der Waals surface area contributed by atoms with Gasteiger partial charge in [-0.1, -0.05) is 23.4 Å². The number of nitrogens with zero attached hydrogens (tertiary/aromatic N) is 3. The lowest BCUT2D eigenvalue weighted by atomic mass is 10.1. The van der Waals surface area contributed by atoms with E-state index in [1.165, 1.54) is 13.1 Å². The number of carbonyl (C=O) groups excluding carboxylic acids is 2. The van der Waals surface area contributed by atoms with Crippen LogP contribution < -0.4 is 16.2 Å². The average Bonchev–Trinajstić information content (AvgIpc) is 2.70. The van der Waals surface area contributed by atoms with Crippen LogP contribution in [-0.2, 0) is 16.1 Å². The Morgan fingerprint density at radius 3 is 2.61 bits per heavy atom. The van der Waals surface area contributed by atoms with E-state index < -0.39 is 41.6 Å². The molecule has 2 N–H and O–H groups in total. The van der Waals surface area contributed by atoms with E-state index in [1.807, 2.05) is 0 Å². The number of carbonyl (C=O) groups is 2. The molecule has 1 heterocycles. The van der Waals surface area contributed by atoms with E-state index in [2.05, 4.69) is 20.9 Å². The van der Waals surface area contributed by atoms with Crippen molar-refractivity contribution in [2.24, 2.45) is 0 Å². The van der Waals surface area contributed by atoms with E-state index in [9.17, 15) is 23.2 Å². The molecule has 0 saturated carbocycles. The Morgan fingerprint density at radius 2 is 1.89 bits per heavy atom. The summed E-state index contributed by atoms with van der Waals surface area (Å²) < 4.78 is 27.5. The molecule has 0 saturated heterocycles. The molecule has 3 rings (SSSR count). The van der Waals surface area contributed by atoms with Crippen molar-refractivity contribution >= 4 is 22.7 Å². The summed E-state index contributed by atoms with van der Waals surface area (Å²) in [6, 6.07) is 8.08. The van der Waals surface area contributed by atoms with Crippen LogP contribution in [0.4, 0.5) is 8.78 Å². The van der Waals surface area contributed by atoms with Crippen LogP contribution in [0.1, 0.15) is 11.6 Å². The maximum Gasteiger partial charge on any atom is 0.278 e. The fraction of sp³-hybridized carbons (Fsp3) is 0.167. The number of halogens is 2. The van der Waals surface area contributed by atoms with Gasteiger partial charge in [0.1, 0.15) is 18.1 Å². The minimum Gasteiger partial charge on any atom is -0.357 e. The van der Waals surface area contributed by atoms with Gasteiger partial charge in [0.2, 0.25) is 11.8 Å². The molecule has 2 amide bonds. The highest BCUT2D eigenvalue weighted by molar-refractivity contribution is 5.88. The van der Waals surface area contributed by atoms with E-state index in [-0.39, 0.29) is 10.9 Å². The second-order valence-electron chi connectivity index (χ2n) is 5.86. The van der Waals surface area contributed by atoms with Gasteiger partial charge in [-0.2, -0.15) is 0 Å². The molecular formula is C18H15F2N5O3. The van der Waals surface area contributed by atoms with E-state index in [1.54, 1.807) is 24.3 Å². The van der Waals surface area contributed by atoms with Crippen molar-refractivity contribution in [1.29, 1.82) is 0 Å². The summed E-state index contributed by atoms with van der Waals surface area (Å²) >= 11 is 0. The molecule has 0 aliphatic heterocycles. The van der Waals surface area contributed by atoms with Crippen molar-refractivity contribution in [3.63, 3.8) is 0 Å². The van der Waals surface area contributed by atoms with Crippen molar-refractivity contribution in [2.75, 3.05) is 7.05 Å². The van der Waals surface area contributed by atoms with Crippen LogP contribution in [0.15, 0.2) is 47.3 Å². The van der Waals surface area contributed by atoms with Crippen LogP contribution in [-0.4, -0.2) is 33.9 Å². The Kier molecular flexibility index (Phi) is 5.39. The lowest BCUT2D eigenvalue weighted by Gasteiger charge is -2.18. The molecule has 0 aliphatic rings. The third kappa shape index (κ3) is 3.85. The predicted octanol–water partition coefficient (Wildman–Crippen LogP) is 0.673. The maximum atomic E-state index is 13.5. The van der Waals surface area contributed by atoms with Crippen molar-refractivity contribution < 1.29 is 18.4 Å². The van der Waals surface area contributed by atoms with Gasteiger partial charge in [0.05, 0.1) is 5.39 Å². The number of rotatable bonds is 5. The zero-order valence-corrected chi connectivity index (χ0v) is 14.6. The first-order chi connectivity index (χ1) is 13.4. The van der Waals surface area contributed by atoms with Crippen LogP contribution in [0.25, 0.3) is 10.9 Å². The molecule has 0 fully saturated rings. The Bertz CT molecular complexity index is 1120. The van der Waals surface area contributed by atoms with Crippen molar-refractivity contribution in [1.82, 2.24) is 25.6 Å². The fourth-order valence-electron chi connectivity index (χ4n) is 2.61. The molecule has 2 aromatic carbocycles. The average molecular weight is 387 g/mol. The number of likely N-dealkylation sites (N-methyl/N-ethyl adjacent to an activating group) is 1. The van der Waals surface area contributed by atoms with Crippen molar-refractivity contribution in [3.05, 3.63) is 70.0 Å². The van der Waals surface area contributed by atoms with E-state index >= 15 is 0 Å². The second-order valence-corrected chi connectivity index (χ2v) is 5.86. The molecule has 28 heavy (non-hydrogen) atoms. The summed E-state index contributed by atoms with van der Waals surface area (Å²) in [5.41, 5.74) is -0.0946. The van der Waals surface area contributed by atoms with Gasteiger partial charge in [-0.3, -0.25) is 14.4 Å². The summed E-state index contributed by atoms with van der Waals surface area (Å²) in [5.74, 6) is -3.61. The molecule has 144 valence electrons. The van der Waals surface area contributed by atoms with Crippen LogP contribution in [0.2, 0.25) is 0 Å². The molecule has 0 spiro atoms. The number of hydrogen-bond donors (Lipinski definition) is 2. The van der Waals surface area contributed by atoms with Gasteiger partial charge in [-0.05, 0) is 29.8 Å². The molecule has 1 aromatic heterocycles. The lowest BCUT2D eigenvalue weighted by Crippen LogP contribution is -2.42. The first-order valence-corrected chi connectivity index (χ1v) is 8.19. The Balaban J connectivity index is 1.84. The van der Waals surface area contributed by atoms with E-state index in [0.29, 0.717) is 5.52 Å². The largest absolute Gasteiger partial charge is 0.357 e. The third-order valence-electron chi connectivity index (χ3n) is 4.01. The molecule has 0 aliphatic carbocycles. The number of nitrogens with one attached hydrogen (secondary N) is 2. The molecule has 10 heteroatoms. The van der Waals surface area contributed by atoms with Crippen LogP contribution in [0.3, 0.4) is 0 Å². The van der Waals surface area contributed by atoms with Crippen molar-refractivity contribution in [2.45, 2.75) is 12.6 Å². The third-order valence-corrected chi connectivity index (χ3v) is 4.01. The van der Waals surface area contributed by atoms with Crippen LogP contribution >= 0.6 is 0 Å². The van der Waals surface area contributed by atoms with Crippen molar-refractivity contribution in [3.8, 4) is 0 Å². The highest BCUT2D eigenvalue weighted by atomic mass is 19.2. The van der Waals surface area contributed by atoms with Gasteiger partial charge >= 0.3 is 0 Å². The fourth-order valence-corrected chi connectivity index (χ4v) is 2.61. The topological polar surface area (TPSA) is 106 Å². The molecule has 3 aromatic rings. The molecule has 0 bridgehead atoms. The first-order valence-electron chi connectivity index (χ1n) is 8.19. The number of aromatic nitrogens is 3. The Morgan fingerprint density at radius 1 is 1.14 bits per heavy atom. The van der Waals surface area contributed by atoms with Gasteiger partial charge in [-0.25, -0.2) is 13.5 Å². The standard InChI is InChI=1S/C18H15F2N5O3/c1-21-17(27)16(10-6-7-12(19)13(20)8-10)22-15(26)9-25-18(28)11-4-2-3-5-14(11)23-24-25/h2-8,16H,9H2,1H3,(H,21,27)(H,22,26). The number of amides is 2. The van der Waals surface area contributed by atoms with Gasteiger partial charge in [0.15, 0.2) is 11.6 Å². The van der Waals surface area contributed by atoms with Crippen LogP contribution in [0, 0.1) is 11.6 Å². The molecular weight excluding hydrogens is 372 g/mol. The molecule has 8 nitrogen and oxygen atoms in total. The molecule has 1 atom stereocenters. The zero-order chi connectivity index (χ0) is 20.3. The van der Waals surface area contributed by atoms with Gasteiger partial charge in [0.25, 0.3) is 5.56 Å². The number of fused-ring (bicyclic) bond motifs is 1. The smallest absolute Gasteiger partial charge is 0.278 e. The highest BCUT2D eigenvalue weighted by Crippen LogP contribution is 2.17. The summed E-state index contributed by atoms with van der Waals surface area (Å²) in [6.45, 7) is -0.506. The van der Waals surface area contributed by atoms with Gasteiger partial charge < -0.3 is 10.6 Å². The minimum absolute atomic E-state index is 0.0449. The summed E-state index contributed by atoms with van der Waals surface area (Å²) in [7, 11) is 1.33. The van der Waals surface area contributed by atoms with Gasteiger partial charge in [0, 0.05) is 7.05 Å². The van der Waals surface area contributed by atoms with Crippen LogP contribution in [0.5, 0.6) is 0 Å². The summed E-state index contributed by atoms with van der Waals surface area (Å²) in [6.07, 6.45) is 0. The lowest BCUT2D eigenvalue weighted by molar-refractivity contribution is -0.129. The minimum atomic E-state index is -1.28. The quantitative estimate of drug-likeness (QED) is 0.670.